The minimum absolute atomic E-state index is 0.0968. The molecule has 2 heterocycles. The van der Waals surface area contributed by atoms with Crippen LogP contribution in [0.4, 0.5) is 5.69 Å². The monoisotopic (exact) mass is 496 g/mol. The average molecular weight is 497 g/mol. The topological polar surface area (TPSA) is 106 Å². The number of amides is 1. The summed E-state index contributed by atoms with van der Waals surface area (Å²) in [7, 11) is 0. The lowest BCUT2D eigenvalue weighted by molar-refractivity contribution is -0.147. The number of ketones is 2. The van der Waals surface area contributed by atoms with E-state index in [2.05, 4.69) is 4.98 Å². The number of ether oxygens (including phenoxy) is 2. The van der Waals surface area contributed by atoms with Crippen LogP contribution in [0.2, 0.25) is 0 Å². The second kappa shape index (κ2) is 10.5. The zero-order valence-electron chi connectivity index (χ0n) is 21.7. The second-order valence-electron chi connectivity index (χ2n) is 10.0. The molecule has 0 radical (unpaired) electrons. The summed E-state index contributed by atoms with van der Waals surface area (Å²) in [5.41, 5.74) is 2.34. The summed E-state index contributed by atoms with van der Waals surface area (Å²) in [5.74, 6) is -0.826. The van der Waals surface area contributed by atoms with Crippen molar-refractivity contribution in [2.45, 2.75) is 84.1 Å². The zero-order valence-corrected chi connectivity index (χ0v) is 21.7. The van der Waals surface area contributed by atoms with Gasteiger partial charge in [0.15, 0.2) is 5.78 Å². The molecular formula is C28H36N2O6. The highest BCUT2D eigenvalue weighted by Gasteiger charge is 2.54. The molecule has 1 aliphatic carbocycles. The highest BCUT2D eigenvalue weighted by Crippen LogP contribution is 2.50. The largest absolute Gasteiger partial charge is 0.466 e. The summed E-state index contributed by atoms with van der Waals surface area (Å²) in [4.78, 5) is 57.8. The molecule has 1 aliphatic heterocycles. The van der Waals surface area contributed by atoms with Crippen LogP contribution in [-0.4, -0.2) is 54.3 Å². The van der Waals surface area contributed by atoms with Crippen molar-refractivity contribution in [1.82, 2.24) is 4.98 Å². The molecule has 8 heteroatoms. The molecule has 1 unspecified atom stereocenters. The normalized spacial score (nSPS) is 19.5. The van der Waals surface area contributed by atoms with Crippen molar-refractivity contribution < 1.29 is 28.7 Å². The number of esters is 1. The van der Waals surface area contributed by atoms with Gasteiger partial charge < -0.3 is 19.4 Å². The number of benzene rings is 1. The first-order valence-electron chi connectivity index (χ1n) is 13.0. The maximum absolute atomic E-state index is 14.1. The van der Waals surface area contributed by atoms with Crippen LogP contribution >= 0.6 is 0 Å². The zero-order chi connectivity index (χ0) is 26.0. The third-order valence-corrected chi connectivity index (χ3v) is 7.28. The van der Waals surface area contributed by atoms with E-state index in [0.29, 0.717) is 30.0 Å². The van der Waals surface area contributed by atoms with E-state index in [-0.39, 0.29) is 56.0 Å². The van der Waals surface area contributed by atoms with Crippen molar-refractivity contribution in [3.8, 4) is 0 Å². The van der Waals surface area contributed by atoms with Gasteiger partial charge in [-0.25, -0.2) is 0 Å². The van der Waals surface area contributed by atoms with E-state index in [9.17, 15) is 19.2 Å². The molecule has 0 saturated carbocycles. The summed E-state index contributed by atoms with van der Waals surface area (Å²) in [6, 6.07) is 3.66. The van der Waals surface area contributed by atoms with Crippen LogP contribution in [0.25, 0.3) is 10.9 Å². The molecule has 0 bridgehead atoms. The van der Waals surface area contributed by atoms with Crippen molar-refractivity contribution in [2.24, 2.45) is 0 Å². The smallest absolute Gasteiger partial charge is 0.307 e. The van der Waals surface area contributed by atoms with E-state index in [0.717, 1.165) is 35.7 Å². The number of H-pyrrole nitrogens is 1. The molecule has 2 aromatic rings. The van der Waals surface area contributed by atoms with Crippen LogP contribution in [-0.2, 0) is 35.7 Å². The molecule has 0 saturated heterocycles. The fraction of sp³-hybridized carbons (Fsp3) is 0.571. The van der Waals surface area contributed by atoms with Crippen LogP contribution in [0, 0.1) is 0 Å². The number of fused-ring (bicyclic) bond motifs is 4. The Morgan fingerprint density at radius 3 is 2.53 bits per heavy atom. The van der Waals surface area contributed by atoms with Crippen LogP contribution < -0.4 is 4.90 Å². The molecule has 194 valence electrons. The van der Waals surface area contributed by atoms with Crippen LogP contribution in [0.3, 0.4) is 0 Å². The summed E-state index contributed by atoms with van der Waals surface area (Å²) in [6.45, 7) is 8.37. The highest BCUT2D eigenvalue weighted by molar-refractivity contribution is 6.14. The van der Waals surface area contributed by atoms with Gasteiger partial charge in [0.2, 0.25) is 5.91 Å². The minimum Gasteiger partial charge on any atom is -0.466 e. The van der Waals surface area contributed by atoms with Gasteiger partial charge in [0.25, 0.3) is 0 Å². The number of carbonyl (C=O) groups is 4. The van der Waals surface area contributed by atoms with Gasteiger partial charge >= 0.3 is 5.97 Å². The first-order valence-corrected chi connectivity index (χ1v) is 13.0. The Morgan fingerprint density at radius 1 is 1.08 bits per heavy atom. The van der Waals surface area contributed by atoms with E-state index in [1.165, 1.54) is 0 Å². The van der Waals surface area contributed by atoms with Gasteiger partial charge in [-0.3, -0.25) is 19.2 Å². The van der Waals surface area contributed by atoms with Gasteiger partial charge in [-0.15, -0.1) is 0 Å². The third-order valence-electron chi connectivity index (χ3n) is 7.28. The molecule has 0 fully saturated rings. The van der Waals surface area contributed by atoms with Gasteiger partial charge in [-0.1, -0.05) is 0 Å². The molecule has 1 aromatic carbocycles. The summed E-state index contributed by atoms with van der Waals surface area (Å²) in [5, 5.41) is 0.923. The number of rotatable bonds is 10. The predicted molar refractivity (Wildman–Crippen MR) is 136 cm³/mol. The molecule has 36 heavy (non-hydrogen) atoms. The molecule has 1 N–H and O–H groups in total. The Balaban J connectivity index is 1.88. The summed E-state index contributed by atoms with van der Waals surface area (Å²) < 4.78 is 10.6. The number of hydrogen-bond acceptors (Lipinski definition) is 6. The van der Waals surface area contributed by atoms with E-state index >= 15 is 0 Å². The first kappa shape index (κ1) is 26.1. The molecule has 2 aliphatic rings. The van der Waals surface area contributed by atoms with Crippen molar-refractivity contribution in [3.05, 3.63) is 29.0 Å². The summed E-state index contributed by atoms with van der Waals surface area (Å²) >= 11 is 0. The fourth-order valence-electron chi connectivity index (χ4n) is 5.66. The van der Waals surface area contributed by atoms with Crippen LogP contribution in [0.15, 0.2) is 12.1 Å². The predicted octanol–water partition coefficient (Wildman–Crippen LogP) is 4.41. The molecule has 4 rings (SSSR count). The number of Topliss-reactive ketones (excluding diaryl/α,β-unsaturated/α-hetero) is 2. The lowest BCUT2D eigenvalue weighted by atomic mass is 9.74. The van der Waals surface area contributed by atoms with Gasteiger partial charge in [0.1, 0.15) is 5.78 Å². The number of nitrogens with zero attached hydrogens (tertiary/aromatic N) is 1. The number of carbonyl (C=O) groups excluding carboxylic acids is 4. The number of aryl methyl sites for hydroxylation is 1. The maximum atomic E-state index is 14.1. The highest BCUT2D eigenvalue weighted by atomic mass is 16.5. The Labute approximate surface area is 211 Å². The molecule has 1 aromatic heterocycles. The fourth-order valence-corrected chi connectivity index (χ4v) is 5.66. The van der Waals surface area contributed by atoms with Gasteiger partial charge in [-0.2, -0.15) is 0 Å². The average Bonchev–Trinajstić information content (AvgIpc) is 3.20. The van der Waals surface area contributed by atoms with Crippen LogP contribution in [0.5, 0.6) is 0 Å². The van der Waals surface area contributed by atoms with E-state index in [1.54, 1.807) is 11.8 Å². The van der Waals surface area contributed by atoms with E-state index < -0.39 is 11.4 Å². The Kier molecular flexibility index (Phi) is 7.64. The first-order chi connectivity index (χ1) is 17.2. The van der Waals surface area contributed by atoms with Crippen LogP contribution in [0.1, 0.15) is 87.8 Å². The molecular weight excluding hydrogens is 460 g/mol. The van der Waals surface area contributed by atoms with Crippen molar-refractivity contribution >= 4 is 40.0 Å². The quantitative estimate of drug-likeness (QED) is 0.297. The number of hydrogen-bond donors (Lipinski definition) is 1. The van der Waals surface area contributed by atoms with E-state index in [4.69, 9.17) is 9.47 Å². The van der Waals surface area contributed by atoms with Crippen molar-refractivity contribution in [1.29, 1.82) is 0 Å². The lowest BCUT2D eigenvalue weighted by Gasteiger charge is -2.29. The Bertz CT molecular complexity index is 1200. The third kappa shape index (κ3) is 4.59. The number of nitrogens with one attached hydrogen (secondary N) is 1. The van der Waals surface area contributed by atoms with Crippen molar-refractivity contribution in [3.63, 3.8) is 0 Å². The molecule has 1 atom stereocenters. The van der Waals surface area contributed by atoms with E-state index in [1.807, 2.05) is 32.9 Å². The number of aromatic nitrogens is 1. The maximum Gasteiger partial charge on any atom is 0.307 e. The Hall–Kier alpha value is -3.00. The van der Waals surface area contributed by atoms with Crippen molar-refractivity contribution in [2.75, 3.05) is 24.7 Å². The lowest BCUT2D eigenvalue weighted by Crippen LogP contribution is -2.46. The van der Waals surface area contributed by atoms with Gasteiger partial charge in [0, 0.05) is 48.5 Å². The summed E-state index contributed by atoms with van der Waals surface area (Å²) in [6.07, 6.45) is 2.92. The number of anilines is 1. The minimum atomic E-state index is -1.37. The second-order valence-corrected chi connectivity index (χ2v) is 10.0. The molecule has 8 nitrogen and oxygen atoms in total. The SMILES string of the molecule is CCOCCC(=O)CC1(CC(=O)OCC)C(=O)N(C(C)C)c2cc3c4c([nH]c3cc21)C(=O)CCCC4. The van der Waals surface area contributed by atoms with Gasteiger partial charge in [0.05, 0.1) is 30.7 Å². The standard InChI is InChI=1S/C28H36N2O6/c1-5-35-12-11-18(31)15-28(16-25(33)36-6-2)21-14-22-20(13-23(21)30(17(3)4)27(28)34)19-9-7-8-10-24(32)26(19)29-22/h13-14,17,29H,5-12,15-16H2,1-4H3. The van der Waals surface area contributed by atoms with Gasteiger partial charge in [-0.05, 0) is 70.2 Å². The molecule has 0 spiro atoms. The Morgan fingerprint density at radius 2 is 1.83 bits per heavy atom. The number of aromatic amines is 1. The molecule has 1 amide bonds.